The molecule has 1 atom stereocenters. The highest BCUT2D eigenvalue weighted by Crippen LogP contribution is 2.27. The maximum absolute atomic E-state index is 12.6. The Morgan fingerprint density at radius 1 is 1.32 bits per heavy atom. The van der Waals surface area contributed by atoms with Gasteiger partial charge in [-0.15, -0.1) is 0 Å². The van der Waals surface area contributed by atoms with Gasteiger partial charge in [0, 0.05) is 31.7 Å². The molecule has 0 radical (unpaired) electrons. The molecule has 4 heteroatoms. The minimum absolute atomic E-state index is 0.0424. The summed E-state index contributed by atoms with van der Waals surface area (Å²) < 4.78 is 0. The first-order valence-corrected chi connectivity index (χ1v) is 7.27. The van der Waals surface area contributed by atoms with E-state index in [2.05, 4.69) is 46.6 Å². The van der Waals surface area contributed by atoms with E-state index in [0.29, 0.717) is 6.54 Å². The molecule has 0 aliphatic carbocycles. The molecule has 1 heterocycles. The monoisotopic (exact) mass is 269 g/mol. The van der Waals surface area contributed by atoms with Gasteiger partial charge < -0.3 is 10.6 Å². The minimum Gasteiger partial charge on any atom is -0.339 e. The molecule has 1 amide bonds. The van der Waals surface area contributed by atoms with Crippen LogP contribution in [0.5, 0.6) is 0 Å². The number of hydrogen-bond acceptors (Lipinski definition) is 3. The maximum Gasteiger partial charge on any atom is 0.227 e. The number of amides is 1. The third kappa shape index (κ3) is 4.46. The second-order valence-corrected chi connectivity index (χ2v) is 7.69. The van der Waals surface area contributed by atoms with Gasteiger partial charge in [0.15, 0.2) is 0 Å². The SMILES string of the molecule is CN1CCN(C(=O)C(CN)CC(C)(C)C)CC1(C)C. The molecular weight excluding hydrogens is 238 g/mol. The number of hydrogen-bond donors (Lipinski definition) is 1. The van der Waals surface area contributed by atoms with Gasteiger partial charge in [-0.05, 0) is 32.7 Å². The van der Waals surface area contributed by atoms with E-state index in [4.69, 9.17) is 5.73 Å². The van der Waals surface area contributed by atoms with Crippen molar-refractivity contribution in [3.8, 4) is 0 Å². The molecule has 1 aliphatic heterocycles. The fourth-order valence-corrected chi connectivity index (χ4v) is 2.70. The molecule has 4 nitrogen and oxygen atoms in total. The molecule has 0 aromatic heterocycles. The van der Waals surface area contributed by atoms with E-state index >= 15 is 0 Å². The molecule has 1 saturated heterocycles. The van der Waals surface area contributed by atoms with Gasteiger partial charge in [-0.3, -0.25) is 9.69 Å². The maximum atomic E-state index is 12.6. The highest BCUT2D eigenvalue weighted by Gasteiger charge is 2.36. The van der Waals surface area contributed by atoms with E-state index in [1.54, 1.807) is 0 Å². The molecule has 1 fully saturated rings. The zero-order valence-corrected chi connectivity index (χ0v) is 13.5. The standard InChI is InChI=1S/C15H31N3O/c1-14(2,3)9-12(10-16)13(19)18-8-7-17(6)15(4,5)11-18/h12H,7-11,16H2,1-6H3. The molecule has 0 aromatic carbocycles. The summed E-state index contributed by atoms with van der Waals surface area (Å²) in [5, 5.41) is 0. The van der Waals surface area contributed by atoms with Crippen molar-refractivity contribution in [1.82, 2.24) is 9.80 Å². The van der Waals surface area contributed by atoms with Crippen molar-refractivity contribution in [2.24, 2.45) is 17.1 Å². The second kappa shape index (κ2) is 5.80. The Morgan fingerprint density at radius 3 is 2.32 bits per heavy atom. The summed E-state index contributed by atoms with van der Waals surface area (Å²) >= 11 is 0. The van der Waals surface area contributed by atoms with Crippen molar-refractivity contribution < 1.29 is 4.79 Å². The van der Waals surface area contributed by atoms with Crippen LogP contribution in [0.15, 0.2) is 0 Å². The van der Waals surface area contributed by atoms with Gasteiger partial charge in [0.25, 0.3) is 0 Å². The quantitative estimate of drug-likeness (QED) is 0.846. The molecule has 19 heavy (non-hydrogen) atoms. The fourth-order valence-electron chi connectivity index (χ4n) is 2.70. The zero-order chi connectivity index (χ0) is 14.8. The van der Waals surface area contributed by atoms with Crippen LogP contribution in [0, 0.1) is 11.3 Å². The van der Waals surface area contributed by atoms with Crippen LogP contribution in [0.3, 0.4) is 0 Å². The largest absolute Gasteiger partial charge is 0.339 e. The minimum atomic E-state index is -0.0424. The van der Waals surface area contributed by atoms with Crippen molar-refractivity contribution in [1.29, 1.82) is 0 Å². The normalized spacial score (nSPS) is 22.4. The molecule has 1 aliphatic rings. The molecule has 1 unspecified atom stereocenters. The Bertz CT molecular complexity index is 320. The van der Waals surface area contributed by atoms with Crippen molar-refractivity contribution in [3.05, 3.63) is 0 Å². The summed E-state index contributed by atoms with van der Waals surface area (Å²) in [7, 11) is 2.12. The number of piperazine rings is 1. The van der Waals surface area contributed by atoms with E-state index in [-0.39, 0.29) is 22.8 Å². The number of nitrogens with two attached hydrogens (primary N) is 1. The predicted molar refractivity (Wildman–Crippen MR) is 79.9 cm³/mol. The lowest BCUT2D eigenvalue weighted by atomic mass is 9.83. The summed E-state index contributed by atoms with van der Waals surface area (Å²) in [6, 6.07) is 0. The van der Waals surface area contributed by atoms with Crippen LogP contribution in [0.4, 0.5) is 0 Å². The lowest BCUT2D eigenvalue weighted by Gasteiger charge is -2.46. The van der Waals surface area contributed by atoms with E-state index in [1.165, 1.54) is 0 Å². The summed E-state index contributed by atoms with van der Waals surface area (Å²) in [5.41, 5.74) is 6.02. The average Bonchev–Trinajstić information content (AvgIpc) is 2.27. The second-order valence-electron chi connectivity index (χ2n) is 7.69. The molecule has 0 saturated carbocycles. The van der Waals surface area contributed by atoms with Gasteiger partial charge in [-0.1, -0.05) is 20.8 Å². The fraction of sp³-hybridized carbons (Fsp3) is 0.933. The summed E-state index contributed by atoms with van der Waals surface area (Å²) in [5.74, 6) is 0.192. The van der Waals surface area contributed by atoms with E-state index < -0.39 is 0 Å². The van der Waals surface area contributed by atoms with Crippen molar-refractivity contribution in [3.63, 3.8) is 0 Å². The average molecular weight is 269 g/mol. The first-order chi connectivity index (χ1) is 8.57. The molecule has 0 aromatic rings. The Hall–Kier alpha value is -0.610. The lowest BCUT2D eigenvalue weighted by Crippen LogP contribution is -2.60. The zero-order valence-electron chi connectivity index (χ0n) is 13.5. The molecule has 0 bridgehead atoms. The van der Waals surface area contributed by atoms with Gasteiger partial charge >= 0.3 is 0 Å². The van der Waals surface area contributed by atoms with Gasteiger partial charge in [0.2, 0.25) is 5.91 Å². The van der Waals surface area contributed by atoms with Gasteiger partial charge in [-0.2, -0.15) is 0 Å². The van der Waals surface area contributed by atoms with Crippen LogP contribution in [0.2, 0.25) is 0 Å². The Morgan fingerprint density at radius 2 is 1.89 bits per heavy atom. The third-order valence-electron chi connectivity index (χ3n) is 4.12. The van der Waals surface area contributed by atoms with Crippen molar-refractivity contribution in [2.45, 2.75) is 46.6 Å². The topological polar surface area (TPSA) is 49.6 Å². The molecule has 0 spiro atoms. The van der Waals surface area contributed by atoms with E-state index in [1.807, 2.05) is 4.90 Å². The van der Waals surface area contributed by atoms with Gasteiger partial charge in [-0.25, -0.2) is 0 Å². The highest BCUT2D eigenvalue weighted by atomic mass is 16.2. The third-order valence-corrected chi connectivity index (χ3v) is 4.12. The van der Waals surface area contributed by atoms with Crippen LogP contribution in [0.1, 0.15) is 41.0 Å². The first kappa shape index (κ1) is 16.4. The molecule has 112 valence electrons. The van der Waals surface area contributed by atoms with Crippen molar-refractivity contribution >= 4 is 5.91 Å². The Kier molecular flexibility index (Phi) is 5.02. The van der Waals surface area contributed by atoms with Crippen molar-refractivity contribution in [2.75, 3.05) is 33.2 Å². The highest BCUT2D eigenvalue weighted by molar-refractivity contribution is 5.79. The lowest BCUT2D eigenvalue weighted by molar-refractivity contribution is -0.140. The predicted octanol–water partition coefficient (Wildman–Crippen LogP) is 1.55. The summed E-state index contributed by atoms with van der Waals surface area (Å²) in [6.07, 6.45) is 0.856. The van der Waals surface area contributed by atoms with Crippen LogP contribution in [-0.4, -0.2) is 54.5 Å². The van der Waals surface area contributed by atoms with E-state index in [9.17, 15) is 4.79 Å². The smallest absolute Gasteiger partial charge is 0.227 e. The van der Waals surface area contributed by atoms with E-state index in [0.717, 1.165) is 26.1 Å². The number of carbonyl (C=O) groups excluding carboxylic acids is 1. The Balaban J connectivity index is 2.71. The molecule has 1 rings (SSSR count). The number of carbonyl (C=O) groups is 1. The Labute approximate surface area is 118 Å². The van der Waals surface area contributed by atoms with Crippen LogP contribution < -0.4 is 5.73 Å². The molecule has 2 N–H and O–H groups in total. The first-order valence-electron chi connectivity index (χ1n) is 7.27. The summed E-state index contributed by atoms with van der Waals surface area (Å²) in [6.45, 7) is 13.9. The van der Waals surface area contributed by atoms with Crippen LogP contribution in [-0.2, 0) is 4.79 Å². The van der Waals surface area contributed by atoms with Crippen LogP contribution in [0.25, 0.3) is 0 Å². The number of likely N-dealkylation sites (N-methyl/N-ethyl adjacent to an activating group) is 1. The number of rotatable bonds is 3. The molecular formula is C15H31N3O. The van der Waals surface area contributed by atoms with Gasteiger partial charge in [0.1, 0.15) is 0 Å². The van der Waals surface area contributed by atoms with Gasteiger partial charge in [0.05, 0.1) is 5.92 Å². The van der Waals surface area contributed by atoms with Crippen LogP contribution >= 0.6 is 0 Å². The number of nitrogens with zero attached hydrogens (tertiary/aromatic N) is 2. The summed E-state index contributed by atoms with van der Waals surface area (Å²) in [4.78, 5) is 16.9.